The highest BCUT2D eigenvalue weighted by Gasteiger charge is 2.25. The van der Waals surface area contributed by atoms with Crippen LogP contribution in [0, 0.1) is 10.1 Å². The van der Waals surface area contributed by atoms with Crippen LogP contribution in [0.3, 0.4) is 0 Å². The first kappa shape index (κ1) is 11.9. The predicted molar refractivity (Wildman–Crippen MR) is 69.0 cm³/mol. The zero-order chi connectivity index (χ0) is 13.6. The minimum atomic E-state index is -0.509. The summed E-state index contributed by atoms with van der Waals surface area (Å²) in [5, 5.41) is 15.1. The molecular weight excluding hydrogens is 270 g/mol. The Morgan fingerprint density at radius 2 is 2.21 bits per heavy atom. The van der Waals surface area contributed by atoms with E-state index in [1.54, 1.807) is 0 Å². The molecule has 0 fully saturated rings. The highest BCUT2D eigenvalue weighted by molar-refractivity contribution is 6.33. The van der Waals surface area contributed by atoms with Gasteiger partial charge in [-0.25, -0.2) is 4.98 Å². The lowest BCUT2D eigenvalue weighted by Gasteiger charge is -2.17. The second-order valence-corrected chi connectivity index (χ2v) is 4.76. The first-order chi connectivity index (χ1) is 9.06. The van der Waals surface area contributed by atoms with E-state index in [4.69, 9.17) is 11.6 Å². The van der Waals surface area contributed by atoms with Crippen LogP contribution < -0.4 is 4.90 Å². The van der Waals surface area contributed by atoms with Crippen molar-refractivity contribution < 1.29 is 4.92 Å². The van der Waals surface area contributed by atoms with Crippen LogP contribution in [0.15, 0.2) is 18.5 Å². The van der Waals surface area contributed by atoms with E-state index in [0.29, 0.717) is 18.9 Å². The van der Waals surface area contributed by atoms with E-state index >= 15 is 0 Å². The normalized spacial score (nSPS) is 13.7. The Balaban J connectivity index is 1.91. The lowest BCUT2D eigenvalue weighted by Crippen LogP contribution is -2.18. The molecule has 0 atom stereocenters. The lowest BCUT2D eigenvalue weighted by molar-refractivity contribution is -0.385. The van der Waals surface area contributed by atoms with Gasteiger partial charge in [-0.3, -0.25) is 14.8 Å². The Morgan fingerprint density at radius 3 is 2.84 bits per heavy atom. The summed E-state index contributed by atoms with van der Waals surface area (Å²) in [5.41, 5.74) is 2.13. The van der Waals surface area contributed by atoms with Crippen LogP contribution in [-0.2, 0) is 20.1 Å². The van der Waals surface area contributed by atoms with E-state index in [-0.39, 0.29) is 10.7 Å². The quantitative estimate of drug-likeness (QED) is 0.620. The van der Waals surface area contributed by atoms with E-state index in [2.05, 4.69) is 10.1 Å². The zero-order valence-corrected chi connectivity index (χ0v) is 10.8. The summed E-state index contributed by atoms with van der Waals surface area (Å²) in [6.45, 7) is 1.31. The zero-order valence-electron chi connectivity index (χ0n) is 10.1. The largest absolute Gasteiger partial charge is 0.345 e. The Morgan fingerprint density at radius 1 is 1.42 bits per heavy atom. The van der Waals surface area contributed by atoms with Crippen molar-refractivity contribution in [2.24, 2.45) is 7.05 Å². The molecule has 1 aliphatic heterocycles. The molecule has 0 bridgehead atoms. The maximum absolute atomic E-state index is 10.6. The maximum Gasteiger partial charge on any atom is 0.289 e. The fraction of sp³-hybridized carbons (Fsp3) is 0.273. The number of fused-ring (bicyclic) bond motifs is 1. The molecule has 0 saturated heterocycles. The lowest BCUT2D eigenvalue weighted by atomic mass is 10.3. The van der Waals surface area contributed by atoms with E-state index in [0.717, 1.165) is 11.3 Å². The van der Waals surface area contributed by atoms with Crippen LogP contribution in [0.1, 0.15) is 11.3 Å². The van der Waals surface area contributed by atoms with Crippen LogP contribution in [0.2, 0.25) is 5.02 Å². The molecule has 98 valence electrons. The fourth-order valence-corrected chi connectivity index (χ4v) is 2.47. The van der Waals surface area contributed by atoms with Crippen LogP contribution in [-0.4, -0.2) is 19.7 Å². The highest BCUT2D eigenvalue weighted by Crippen LogP contribution is 2.32. The number of halogens is 1. The standard InChI is InChI=1S/C11H10ClN5O2/c1-15-10-6-16(5-7(10)3-14-15)11-9(12)2-8(4-13-11)17(18)19/h2-4H,5-6H2,1H3. The minimum absolute atomic E-state index is 0.105. The number of aryl methyl sites for hydroxylation is 1. The summed E-state index contributed by atoms with van der Waals surface area (Å²) in [7, 11) is 1.88. The van der Waals surface area contributed by atoms with Gasteiger partial charge in [0.2, 0.25) is 0 Å². The number of hydrogen-bond donors (Lipinski definition) is 0. The molecule has 3 heterocycles. The van der Waals surface area contributed by atoms with Gasteiger partial charge in [-0.15, -0.1) is 0 Å². The molecule has 0 radical (unpaired) electrons. The molecule has 0 N–H and O–H groups in total. The number of aromatic nitrogens is 3. The molecule has 1 aliphatic rings. The Labute approximate surface area is 113 Å². The molecule has 0 spiro atoms. The van der Waals surface area contributed by atoms with Crippen molar-refractivity contribution in [1.29, 1.82) is 0 Å². The second-order valence-electron chi connectivity index (χ2n) is 4.35. The molecule has 0 amide bonds. The number of anilines is 1. The van der Waals surface area contributed by atoms with Gasteiger partial charge < -0.3 is 4.90 Å². The van der Waals surface area contributed by atoms with Crippen molar-refractivity contribution in [1.82, 2.24) is 14.8 Å². The molecular formula is C11H10ClN5O2. The van der Waals surface area contributed by atoms with Gasteiger partial charge in [-0.05, 0) is 0 Å². The average molecular weight is 280 g/mol. The fourth-order valence-electron chi connectivity index (χ4n) is 2.19. The van der Waals surface area contributed by atoms with Crippen LogP contribution in [0.25, 0.3) is 0 Å². The van der Waals surface area contributed by atoms with E-state index in [1.807, 2.05) is 22.8 Å². The maximum atomic E-state index is 10.6. The van der Waals surface area contributed by atoms with Gasteiger partial charge >= 0.3 is 0 Å². The van der Waals surface area contributed by atoms with Gasteiger partial charge in [0, 0.05) is 25.2 Å². The Kier molecular flexibility index (Phi) is 2.63. The van der Waals surface area contributed by atoms with E-state index in [9.17, 15) is 10.1 Å². The highest BCUT2D eigenvalue weighted by atomic mass is 35.5. The topological polar surface area (TPSA) is 77.1 Å². The summed E-state index contributed by atoms with van der Waals surface area (Å²) in [6.07, 6.45) is 3.04. The third-order valence-electron chi connectivity index (χ3n) is 3.17. The number of hydrogen-bond acceptors (Lipinski definition) is 5. The van der Waals surface area contributed by atoms with Crippen molar-refractivity contribution >= 4 is 23.1 Å². The number of pyridine rings is 1. The predicted octanol–water partition coefficient (Wildman–Crippen LogP) is 1.90. The van der Waals surface area contributed by atoms with Crippen molar-refractivity contribution in [3.05, 3.63) is 44.9 Å². The summed E-state index contributed by atoms with van der Waals surface area (Å²) in [6, 6.07) is 1.32. The monoisotopic (exact) mass is 279 g/mol. The Bertz CT molecular complexity index is 669. The molecule has 0 saturated carbocycles. The summed E-state index contributed by atoms with van der Waals surface area (Å²) in [4.78, 5) is 16.2. The third kappa shape index (κ3) is 1.91. The van der Waals surface area contributed by atoms with Crippen molar-refractivity contribution in [2.45, 2.75) is 13.1 Å². The molecule has 2 aromatic rings. The molecule has 3 rings (SSSR count). The van der Waals surface area contributed by atoms with Crippen LogP contribution >= 0.6 is 11.6 Å². The average Bonchev–Trinajstić information content (AvgIpc) is 2.92. The minimum Gasteiger partial charge on any atom is -0.345 e. The van der Waals surface area contributed by atoms with E-state index in [1.165, 1.54) is 12.3 Å². The van der Waals surface area contributed by atoms with Crippen molar-refractivity contribution in [3.8, 4) is 0 Å². The number of nitro groups is 1. The molecule has 8 heteroatoms. The second kappa shape index (κ2) is 4.20. The summed E-state index contributed by atoms with van der Waals surface area (Å²) < 4.78 is 1.81. The Hall–Kier alpha value is -2.15. The molecule has 0 aromatic carbocycles. The smallest absolute Gasteiger partial charge is 0.289 e. The molecule has 2 aromatic heterocycles. The molecule has 19 heavy (non-hydrogen) atoms. The first-order valence-electron chi connectivity index (χ1n) is 5.61. The number of rotatable bonds is 2. The van der Waals surface area contributed by atoms with Gasteiger partial charge in [0.1, 0.15) is 12.0 Å². The van der Waals surface area contributed by atoms with Gasteiger partial charge in [-0.2, -0.15) is 5.10 Å². The van der Waals surface area contributed by atoms with E-state index < -0.39 is 4.92 Å². The molecule has 0 aliphatic carbocycles. The van der Waals surface area contributed by atoms with Gasteiger partial charge in [0.25, 0.3) is 5.69 Å². The van der Waals surface area contributed by atoms with Gasteiger partial charge in [-0.1, -0.05) is 11.6 Å². The van der Waals surface area contributed by atoms with Crippen LogP contribution in [0.5, 0.6) is 0 Å². The van der Waals surface area contributed by atoms with Crippen molar-refractivity contribution in [3.63, 3.8) is 0 Å². The molecule has 0 unspecified atom stereocenters. The number of nitrogens with zero attached hydrogens (tertiary/aromatic N) is 5. The SMILES string of the molecule is Cn1ncc2c1CN(c1ncc([N+](=O)[O-])cc1Cl)C2. The summed E-state index contributed by atoms with van der Waals surface area (Å²) >= 11 is 6.07. The van der Waals surface area contributed by atoms with Gasteiger partial charge in [0.15, 0.2) is 0 Å². The summed E-state index contributed by atoms with van der Waals surface area (Å²) in [5.74, 6) is 0.559. The van der Waals surface area contributed by atoms with Crippen LogP contribution in [0.4, 0.5) is 11.5 Å². The van der Waals surface area contributed by atoms with Gasteiger partial charge in [0.05, 0.1) is 28.4 Å². The first-order valence-corrected chi connectivity index (χ1v) is 5.98. The third-order valence-corrected chi connectivity index (χ3v) is 3.45. The van der Waals surface area contributed by atoms with Crippen molar-refractivity contribution in [2.75, 3.05) is 4.90 Å². The molecule has 7 nitrogen and oxygen atoms in total.